The Hall–Kier alpha value is -1.70. The Labute approximate surface area is 167 Å². The third kappa shape index (κ3) is 5.22. The summed E-state index contributed by atoms with van der Waals surface area (Å²) in [4.78, 5) is 26.6. The van der Waals surface area contributed by atoms with Gasteiger partial charge in [-0.05, 0) is 63.2 Å². The lowest BCUT2D eigenvalue weighted by molar-refractivity contribution is -0.119. The number of carbonyl (C=O) groups is 2. The van der Waals surface area contributed by atoms with Gasteiger partial charge in [-0.2, -0.15) is 0 Å². The fourth-order valence-corrected chi connectivity index (χ4v) is 4.38. The number of piperidine rings is 1. The summed E-state index contributed by atoms with van der Waals surface area (Å²) >= 11 is 0. The van der Waals surface area contributed by atoms with Gasteiger partial charge in [-0.15, -0.1) is 0 Å². The summed E-state index contributed by atoms with van der Waals surface area (Å²) in [6.07, 6.45) is 4.61. The van der Waals surface area contributed by atoms with Crippen molar-refractivity contribution in [3.63, 3.8) is 0 Å². The van der Waals surface area contributed by atoms with Crippen molar-refractivity contribution in [1.82, 2.24) is 4.90 Å². The summed E-state index contributed by atoms with van der Waals surface area (Å²) in [6.45, 7) is 5.28. The van der Waals surface area contributed by atoms with Crippen molar-refractivity contribution in [1.29, 1.82) is 0 Å². The SMILES string of the molecule is CC(=O)c1cccc2c1OB(O)[C@@H](CC(=O)CCC1CCN(CCN)CC1)C2. The Morgan fingerprint density at radius 1 is 1.32 bits per heavy atom. The van der Waals surface area contributed by atoms with Crippen molar-refractivity contribution < 1.29 is 19.3 Å². The topological polar surface area (TPSA) is 92.9 Å². The molecule has 1 atom stereocenters. The lowest BCUT2D eigenvalue weighted by Crippen LogP contribution is -2.37. The first-order chi connectivity index (χ1) is 13.5. The minimum atomic E-state index is -1.04. The minimum Gasteiger partial charge on any atom is -0.535 e. The molecule has 6 nitrogen and oxygen atoms in total. The lowest BCUT2D eigenvalue weighted by Gasteiger charge is -2.31. The number of likely N-dealkylation sites (tertiary alicyclic amines) is 1. The first kappa shape index (κ1) is 21.0. The van der Waals surface area contributed by atoms with Crippen molar-refractivity contribution in [2.24, 2.45) is 11.7 Å². The summed E-state index contributed by atoms with van der Waals surface area (Å²) in [5, 5.41) is 10.4. The van der Waals surface area contributed by atoms with Gasteiger partial charge in [-0.25, -0.2) is 0 Å². The average molecular weight is 386 g/mol. The van der Waals surface area contributed by atoms with E-state index in [0.717, 1.165) is 44.5 Å². The molecule has 1 saturated heterocycles. The van der Waals surface area contributed by atoms with Gasteiger partial charge in [0, 0.05) is 31.7 Å². The average Bonchev–Trinajstić information content (AvgIpc) is 2.68. The molecule has 3 rings (SSSR count). The molecule has 0 aromatic heterocycles. The van der Waals surface area contributed by atoms with Crippen LogP contribution in [0, 0.1) is 5.92 Å². The maximum Gasteiger partial charge on any atom is 0.526 e. The second-order valence-electron chi connectivity index (χ2n) is 8.18. The predicted molar refractivity (Wildman–Crippen MR) is 110 cm³/mol. The van der Waals surface area contributed by atoms with Crippen LogP contribution in [-0.2, 0) is 11.2 Å². The third-order valence-corrected chi connectivity index (χ3v) is 6.07. The molecule has 1 aromatic rings. The standard InChI is InChI=1S/C21H31BN2O4/c1-15(25)20-4-2-3-17-13-18(22(27)28-21(17)20)14-19(26)6-5-16-7-10-24(11-8-16)12-9-23/h2-4,16,18,27H,5-14,23H2,1H3/t18-/m1/s1. The van der Waals surface area contributed by atoms with Crippen LogP contribution in [0.1, 0.15) is 54.9 Å². The summed E-state index contributed by atoms with van der Waals surface area (Å²) in [6, 6.07) is 5.44. The highest BCUT2D eigenvalue weighted by Gasteiger charge is 2.37. The molecule has 0 unspecified atom stereocenters. The van der Waals surface area contributed by atoms with Crippen LogP contribution in [0.2, 0.25) is 5.82 Å². The highest BCUT2D eigenvalue weighted by atomic mass is 16.5. The Balaban J connectivity index is 1.48. The molecule has 7 heteroatoms. The second kappa shape index (κ2) is 9.68. The molecule has 2 aliphatic heterocycles. The second-order valence-corrected chi connectivity index (χ2v) is 8.18. The Kier molecular flexibility index (Phi) is 7.27. The molecule has 0 saturated carbocycles. The van der Waals surface area contributed by atoms with Gasteiger partial charge >= 0.3 is 7.12 Å². The van der Waals surface area contributed by atoms with E-state index in [1.165, 1.54) is 6.92 Å². The number of ketones is 2. The van der Waals surface area contributed by atoms with Gasteiger partial charge in [0.2, 0.25) is 0 Å². The van der Waals surface area contributed by atoms with E-state index >= 15 is 0 Å². The summed E-state index contributed by atoms with van der Waals surface area (Å²) < 4.78 is 5.63. The molecule has 0 amide bonds. The Morgan fingerprint density at radius 2 is 2.07 bits per heavy atom. The molecular formula is C21H31BN2O4. The number of nitrogens with zero attached hydrogens (tertiary/aromatic N) is 1. The van der Waals surface area contributed by atoms with E-state index in [2.05, 4.69) is 4.90 Å². The van der Waals surface area contributed by atoms with Gasteiger partial charge in [0.25, 0.3) is 0 Å². The van der Waals surface area contributed by atoms with Crippen LogP contribution in [0.5, 0.6) is 5.75 Å². The summed E-state index contributed by atoms with van der Waals surface area (Å²) in [5.41, 5.74) is 6.99. The van der Waals surface area contributed by atoms with Crippen LogP contribution in [-0.4, -0.2) is 54.8 Å². The monoisotopic (exact) mass is 386 g/mol. The maximum absolute atomic E-state index is 12.5. The van der Waals surface area contributed by atoms with Crippen LogP contribution in [0.15, 0.2) is 18.2 Å². The number of rotatable bonds is 8. The summed E-state index contributed by atoms with van der Waals surface area (Å²) in [7, 11) is -1.04. The molecule has 1 aromatic carbocycles. The van der Waals surface area contributed by atoms with Crippen LogP contribution in [0.3, 0.4) is 0 Å². The predicted octanol–water partition coefficient (Wildman–Crippen LogP) is 2.08. The maximum atomic E-state index is 12.5. The Morgan fingerprint density at radius 3 is 2.75 bits per heavy atom. The van der Waals surface area contributed by atoms with E-state index in [1.807, 2.05) is 12.1 Å². The largest absolute Gasteiger partial charge is 0.535 e. The molecule has 2 heterocycles. The Bertz CT molecular complexity index is 704. The molecule has 0 radical (unpaired) electrons. The normalized spacial score (nSPS) is 20.5. The molecule has 1 fully saturated rings. The van der Waals surface area contributed by atoms with Crippen molar-refractivity contribution >= 4 is 18.7 Å². The van der Waals surface area contributed by atoms with Gasteiger partial charge in [0.05, 0.1) is 5.56 Å². The zero-order valence-corrected chi connectivity index (χ0v) is 16.7. The number of benzene rings is 1. The number of hydrogen-bond acceptors (Lipinski definition) is 6. The number of Topliss-reactive ketones (excluding diaryl/α,β-unsaturated/α-hetero) is 2. The fraction of sp³-hybridized carbons (Fsp3) is 0.619. The van der Waals surface area contributed by atoms with Crippen molar-refractivity contribution in [2.75, 3.05) is 26.2 Å². The van der Waals surface area contributed by atoms with Crippen molar-refractivity contribution in [3.05, 3.63) is 29.3 Å². The molecule has 0 aliphatic carbocycles. The molecule has 0 spiro atoms. The van der Waals surface area contributed by atoms with E-state index in [-0.39, 0.29) is 17.4 Å². The van der Waals surface area contributed by atoms with E-state index < -0.39 is 7.12 Å². The van der Waals surface area contributed by atoms with Gasteiger partial charge in [0.1, 0.15) is 11.5 Å². The highest BCUT2D eigenvalue weighted by molar-refractivity contribution is 6.47. The van der Waals surface area contributed by atoms with Crippen LogP contribution in [0.4, 0.5) is 0 Å². The molecule has 3 N–H and O–H groups in total. The number of fused-ring (bicyclic) bond motifs is 1. The molecule has 0 bridgehead atoms. The molecule has 2 aliphatic rings. The molecule has 28 heavy (non-hydrogen) atoms. The lowest BCUT2D eigenvalue weighted by atomic mass is 9.64. The quantitative estimate of drug-likeness (QED) is 0.525. The first-order valence-electron chi connectivity index (χ1n) is 10.4. The van der Waals surface area contributed by atoms with Crippen molar-refractivity contribution in [2.45, 2.75) is 51.3 Å². The van der Waals surface area contributed by atoms with E-state index in [9.17, 15) is 14.6 Å². The van der Waals surface area contributed by atoms with Gasteiger partial charge < -0.3 is 20.3 Å². The molecule has 152 valence electrons. The number of hydrogen-bond donors (Lipinski definition) is 2. The number of nitrogens with two attached hydrogens (primary N) is 1. The minimum absolute atomic E-state index is 0.0870. The zero-order valence-electron chi connectivity index (χ0n) is 16.7. The summed E-state index contributed by atoms with van der Waals surface area (Å²) in [5.74, 6) is 0.910. The van der Waals surface area contributed by atoms with Crippen LogP contribution >= 0.6 is 0 Å². The van der Waals surface area contributed by atoms with Gasteiger partial charge in [0.15, 0.2) is 5.78 Å². The fourth-order valence-electron chi connectivity index (χ4n) is 4.38. The van der Waals surface area contributed by atoms with E-state index in [4.69, 9.17) is 10.4 Å². The van der Waals surface area contributed by atoms with Gasteiger partial charge in [-0.1, -0.05) is 12.1 Å². The van der Waals surface area contributed by atoms with Crippen LogP contribution in [0.25, 0.3) is 0 Å². The van der Waals surface area contributed by atoms with Gasteiger partial charge in [-0.3, -0.25) is 9.59 Å². The van der Waals surface area contributed by atoms with Crippen molar-refractivity contribution in [3.8, 4) is 5.75 Å². The number of para-hydroxylation sites is 1. The van der Waals surface area contributed by atoms with E-state index in [1.54, 1.807) is 6.07 Å². The molecular weight excluding hydrogens is 355 g/mol. The highest BCUT2D eigenvalue weighted by Crippen LogP contribution is 2.36. The first-order valence-corrected chi connectivity index (χ1v) is 10.4. The van der Waals surface area contributed by atoms with E-state index in [0.29, 0.717) is 43.0 Å². The smallest absolute Gasteiger partial charge is 0.526 e. The zero-order chi connectivity index (χ0) is 20.1. The third-order valence-electron chi connectivity index (χ3n) is 6.07. The van der Waals surface area contributed by atoms with Crippen LogP contribution < -0.4 is 10.4 Å². The number of carbonyl (C=O) groups excluding carboxylic acids is 2.